The van der Waals surface area contributed by atoms with E-state index in [0.29, 0.717) is 0 Å². The molecular weight excluding hydrogens is 202 g/mol. The molecule has 3 nitrogen and oxygen atoms in total. The highest BCUT2D eigenvalue weighted by atomic mass is 35.5. The van der Waals surface area contributed by atoms with Gasteiger partial charge in [0.05, 0.1) is 0 Å². The highest BCUT2D eigenvalue weighted by Gasteiger charge is 2.27. The van der Waals surface area contributed by atoms with E-state index < -0.39 is 17.5 Å². The summed E-state index contributed by atoms with van der Waals surface area (Å²) in [5.74, 6) is -0.902. The van der Waals surface area contributed by atoms with E-state index in [-0.39, 0.29) is 0 Å². The van der Waals surface area contributed by atoms with Gasteiger partial charge in [-0.05, 0) is 23.6 Å². The summed E-state index contributed by atoms with van der Waals surface area (Å²) in [6.07, 6.45) is 8.46. The molecular formula is C10H10ClNO2. The molecule has 74 valence electrons. The summed E-state index contributed by atoms with van der Waals surface area (Å²) in [5.41, 5.74) is 1.50. The van der Waals surface area contributed by atoms with Crippen molar-refractivity contribution in [2.24, 2.45) is 0 Å². The van der Waals surface area contributed by atoms with Crippen LogP contribution in [0.15, 0.2) is 35.5 Å². The average Bonchev–Trinajstić information content (AvgIpc) is 2.17. The number of carbonyl (C=O) groups is 1. The Morgan fingerprint density at radius 1 is 1.64 bits per heavy atom. The Hall–Kier alpha value is -1.06. The van der Waals surface area contributed by atoms with Crippen molar-refractivity contribution >= 4 is 17.6 Å². The highest BCUT2D eigenvalue weighted by Crippen LogP contribution is 2.27. The van der Waals surface area contributed by atoms with Crippen LogP contribution in [0.4, 0.5) is 0 Å². The van der Waals surface area contributed by atoms with Gasteiger partial charge in [-0.15, -0.1) is 11.6 Å². The maximum Gasteiger partial charge on any atom is 0.324 e. The summed E-state index contributed by atoms with van der Waals surface area (Å²) in [4.78, 5) is 10.8. The number of nitrogens with one attached hydrogen (secondary N) is 1. The zero-order chi connectivity index (χ0) is 10.1. The summed E-state index contributed by atoms with van der Waals surface area (Å²) in [6.45, 7) is 0. The molecule has 0 fully saturated rings. The van der Waals surface area contributed by atoms with Crippen molar-refractivity contribution in [2.75, 3.05) is 0 Å². The van der Waals surface area contributed by atoms with Gasteiger partial charge in [0.15, 0.2) is 0 Å². The van der Waals surface area contributed by atoms with Crippen LogP contribution in [0.5, 0.6) is 0 Å². The maximum absolute atomic E-state index is 10.8. The second-order valence-corrected chi connectivity index (χ2v) is 3.70. The highest BCUT2D eigenvalue weighted by molar-refractivity contribution is 6.23. The largest absolute Gasteiger partial charge is 0.480 e. The van der Waals surface area contributed by atoms with E-state index in [9.17, 15) is 4.79 Å². The predicted molar refractivity (Wildman–Crippen MR) is 54.1 cm³/mol. The first-order chi connectivity index (χ1) is 6.68. The van der Waals surface area contributed by atoms with Gasteiger partial charge in [0.1, 0.15) is 11.5 Å². The zero-order valence-electron chi connectivity index (χ0n) is 7.40. The lowest BCUT2D eigenvalue weighted by molar-refractivity contribution is -0.138. The van der Waals surface area contributed by atoms with Gasteiger partial charge in [0, 0.05) is 0 Å². The number of hydrogen-bond acceptors (Lipinski definition) is 2. The summed E-state index contributed by atoms with van der Waals surface area (Å²) in [5, 5.41) is 11.6. The van der Waals surface area contributed by atoms with Crippen molar-refractivity contribution in [1.29, 1.82) is 0 Å². The van der Waals surface area contributed by atoms with Crippen molar-refractivity contribution in [3.05, 3.63) is 35.5 Å². The molecule has 0 radical (unpaired) electrons. The molecule has 2 rings (SSSR count). The first kappa shape index (κ1) is 9.49. The normalized spacial score (nSPS) is 30.4. The molecule has 0 spiro atoms. The zero-order valence-corrected chi connectivity index (χ0v) is 8.16. The Morgan fingerprint density at radius 2 is 2.43 bits per heavy atom. The quantitative estimate of drug-likeness (QED) is 0.510. The van der Waals surface area contributed by atoms with Crippen LogP contribution >= 0.6 is 11.6 Å². The molecule has 2 atom stereocenters. The van der Waals surface area contributed by atoms with Crippen LogP contribution in [0.3, 0.4) is 0 Å². The molecule has 4 heteroatoms. The lowest BCUT2D eigenvalue weighted by atomic mass is 9.94. The van der Waals surface area contributed by atoms with Gasteiger partial charge < -0.3 is 5.11 Å². The molecule has 1 heterocycles. The van der Waals surface area contributed by atoms with E-state index in [0.717, 1.165) is 17.6 Å². The molecule has 2 aliphatic rings. The van der Waals surface area contributed by atoms with Crippen LogP contribution < -0.4 is 5.32 Å². The number of hydrogen-bond donors (Lipinski definition) is 2. The lowest BCUT2D eigenvalue weighted by Crippen LogP contribution is -2.44. The van der Waals surface area contributed by atoms with E-state index in [4.69, 9.17) is 16.7 Å². The number of carboxylic acids is 1. The van der Waals surface area contributed by atoms with Gasteiger partial charge in [-0.1, -0.05) is 18.2 Å². The third-order valence-electron chi connectivity index (χ3n) is 2.32. The second-order valence-electron chi connectivity index (χ2n) is 3.26. The van der Waals surface area contributed by atoms with Crippen LogP contribution in [0.25, 0.3) is 0 Å². The molecule has 0 aromatic carbocycles. The van der Waals surface area contributed by atoms with Gasteiger partial charge in [-0.3, -0.25) is 10.1 Å². The molecule has 2 N–H and O–H groups in total. The molecule has 0 amide bonds. The van der Waals surface area contributed by atoms with E-state index in [1.54, 1.807) is 6.08 Å². The molecule has 0 bridgehead atoms. The number of fused-ring (bicyclic) bond motifs is 1. The second kappa shape index (κ2) is 3.59. The third kappa shape index (κ3) is 1.61. The lowest BCUT2D eigenvalue weighted by Gasteiger charge is -2.27. The number of halogens is 1. The Kier molecular flexibility index (Phi) is 2.44. The van der Waals surface area contributed by atoms with Gasteiger partial charge in [-0.2, -0.15) is 0 Å². The number of alkyl halides is 1. The maximum atomic E-state index is 10.8. The molecule has 2 unspecified atom stereocenters. The standard InChI is InChI=1S/C10H10ClNO2/c11-9-7-4-2-1-3-6(7)5-8(12-9)10(13)14/h1,3-5,8-9,12H,2H2,(H,13,14). The van der Waals surface area contributed by atoms with Crippen LogP contribution in [-0.4, -0.2) is 22.6 Å². The van der Waals surface area contributed by atoms with Crippen molar-refractivity contribution in [3.8, 4) is 0 Å². The molecule has 0 saturated heterocycles. The molecule has 0 aromatic heterocycles. The SMILES string of the molecule is O=C(O)C1C=C2C=CCC=C2C(Cl)N1. The van der Waals surface area contributed by atoms with Gasteiger partial charge in [-0.25, -0.2) is 0 Å². The molecule has 1 aliphatic heterocycles. The Bertz CT molecular complexity index is 357. The van der Waals surface area contributed by atoms with Crippen molar-refractivity contribution in [3.63, 3.8) is 0 Å². The minimum Gasteiger partial charge on any atom is -0.480 e. The first-order valence-corrected chi connectivity index (χ1v) is 4.84. The summed E-state index contributed by atoms with van der Waals surface area (Å²) in [7, 11) is 0. The van der Waals surface area contributed by atoms with Gasteiger partial charge in [0.25, 0.3) is 0 Å². The van der Waals surface area contributed by atoms with Gasteiger partial charge >= 0.3 is 5.97 Å². The molecule has 0 aromatic rings. The fourth-order valence-corrected chi connectivity index (χ4v) is 1.97. The Morgan fingerprint density at radius 3 is 3.14 bits per heavy atom. The van der Waals surface area contributed by atoms with E-state index in [1.807, 2.05) is 18.2 Å². The fourth-order valence-electron chi connectivity index (χ4n) is 1.62. The van der Waals surface area contributed by atoms with Crippen LogP contribution in [-0.2, 0) is 4.79 Å². The number of rotatable bonds is 1. The van der Waals surface area contributed by atoms with Gasteiger partial charge in [0.2, 0.25) is 0 Å². The topological polar surface area (TPSA) is 49.3 Å². The predicted octanol–water partition coefficient (Wildman–Crippen LogP) is 1.42. The Labute approximate surface area is 86.8 Å². The number of carboxylic acid groups (broad SMARTS) is 1. The van der Waals surface area contributed by atoms with E-state index in [2.05, 4.69) is 5.32 Å². The molecule has 0 saturated carbocycles. The number of aliphatic carboxylic acids is 1. The summed E-state index contributed by atoms with van der Waals surface area (Å²) >= 11 is 6.01. The van der Waals surface area contributed by atoms with Crippen molar-refractivity contribution in [2.45, 2.75) is 18.0 Å². The van der Waals surface area contributed by atoms with E-state index >= 15 is 0 Å². The summed E-state index contributed by atoms with van der Waals surface area (Å²) < 4.78 is 0. The van der Waals surface area contributed by atoms with E-state index in [1.165, 1.54) is 0 Å². The van der Waals surface area contributed by atoms with Crippen LogP contribution in [0.1, 0.15) is 6.42 Å². The average molecular weight is 212 g/mol. The van der Waals surface area contributed by atoms with Crippen molar-refractivity contribution < 1.29 is 9.90 Å². The smallest absolute Gasteiger partial charge is 0.324 e. The van der Waals surface area contributed by atoms with Crippen LogP contribution in [0, 0.1) is 0 Å². The fraction of sp³-hybridized carbons (Fsp3) is 0.300. The van der Waals surface area contributed by atoms with Crippen molar-refractivity contribution in [1.82, 2.24) is 5.32 Å². The number of allylic oxidation sites excluding steroid dienone is 3. The third-order valence-corrected chi connectivity index (χ3v) is 2.68. The van der Waals surface area contributed by atoms with Crippen LogP contribution in [0.2, 0.25) is 0 Å². The monoisotopic (exact) mass is 211 g/mol. The first-order valence-electron chi connectivity index (χ1n) is 4.40. The molecule has 14 heavy (non-hydrogen) atoms. The molecule has 1 aliphatic carbocycles. The minimum atomic E-state index is -0.902. The summed E-state index contributed by atoms with van der Waals surface area (Å²) in [6, 6.07) is -0.688. The Balaban J connectivity index is 2.34. The minimum absolute atomic E-state index is 0.402.